The van der Waals surface area contributed by atoms with E-state index in [-0.39, 0.29) is 12.0 Å². The highest BCUT2D eigenvalue weighted by atomic mass is 35.5. The Morgan fingerprint density at radius 3 is 2.49 bits per heavy atom. The number of methoxy groups -OCH3 is 1. The molecule has 7 heteroatoms. The average molecular weight is 622 g/mol. The molecule has 1 aliphatic carbocycles. The number of halogens is 1. The average Bonchev–Trinajstić information content (AvgIpc) is 3.03. The molecule has 1 amide bonds. The number of hydrogen-bond acceptors (Lipinski definition) is 5. The van der Waals surface area contributed by atoms with Crippen molar-refractivity contribution in [1.82, 2.24) is 5.32 Å². The summed E-state index contributed by atoms with van der Waals surface area (Å²) in [5, 5.41) is 3.63. The van der Waals surface area contributed by atoms with E-state index in [9.17, 15) is 9.59 Å². The van der Waals surface area contributed by atoms with Crippen LogP contribution >= 0.6 is 23.4 Å². The Kier molecular flexibility index (Phi) is 13.0. The van der Waals surface area contributed by atoms with E-state index in [1.807, 2.05) is 73.8 Å². The Hall–Kier alpha value is -2.80. The Labute approximate surface area is 266 Å². The third-order valence-corrected chi connectivity index (χ3v) is 9.28. The molecule has 0 aromatic heterocycles. The van der Waals surface area contributed by atoms with Crippen molar-refractivity contribution >= 4 is 35.2 Å². The lowest BCUT2D eigenvalue weighted by molar-refractivity contribution is -0.142. The molecule has 2 unspecified atom stereocenters. The fraction of sp³-hybridized carbons (Fsp3) is 0.444. The molecule has 0 saturated heterocycles. The number of hydrogen-bond donors (Lipinski definition) is 1. The summed E-state index contributed by atoms with van der Waals surface area (Å²) in [6.45, 7) is 2.44. The smallest absolute Gasteiger partial charge is 0.328 e. The lowest BCUT2D eigenvalue weighted by atomic mass is 9.85. The highest BCUT2D eigenvalue weighted by Crippen LogP contribution is 2.34. The summed E-state index contributed by atoms with van der Waals surface area (Å²) in [6.07, 6.45) is 11.1. The molecule has 0 aliphatic heterocycles. The number of rotatable bonds is 14. The Balaban J connectivity index is 1.58. The number of ether oxygens (including phenoxy) is 2. The van der Waals surface area contributed by atoms with Crippen molar-refractivity contribution in [1.29, 1.82) is 0 Å². The maximum absolute atomic E-state index is 13.6. The van der Waals surface area contributed by atoms with Crippen LogP contribution in [0.2, 0.25) is 5.02 Å². The Morgan fingerprint density at radius 1 is 0.977 bits per heavy atom. The normalized spacial score (nSPS) is 15.1. The molecule has 5 nitrogen and oxygen atoms in total. The van der Waals surface area contributed by atoms with E-state index in [1.54, 1.807) is 11.8 Å². The molecule has 0 heterocycles. The van der Waals surface area contributed by atoms with Gasteiger partial charge in [-0.25, -0.2) is 4.79 Å². The molecule has 1 aliphatic rings. The number of nitrogens with one attached hydrogen (secondary N) is 1. The van der Waals surface area contributed by atoms with Crippen LogP contribution in [0, 0.1) is 12.8 Å². The first-order valence-electron chi connectivity index (χ1n) is 15.3. The Bertz CT molecular complexity index is 1360. The molecular formula is C36H44ClNO4S. The molecule has 230 valence electrons. The van der Waals surface area contributed by atoms with E-state index >= 15 is 0 Å². The highest BCUT2D eigenvalue weighted by Gasteiger charge is 2.24. The van der Waals surface area contributed by atoms with Crippen LogP contribution in [-0.4, -0.2) is 37.0 Å². The monoisotopic (exact) mass is 621 g/mol. The van der Waals surface area contributed by atoms with Crippen molar-refractivity contribution < 1.29 is 19.1 Å². The summed E-state index contributed by atoms with van der Waals surface area (Å²) in [4.78, 5) is 26.0. The van der Waals surface area contributed by atoms with Gasteiger partial charge in [0.05, 0.1) is 19.8 Å². The quantitative estimate of drug-likeness (QED) is 0.182. The van der Waals surface area contributed by atoms with Gasteiger partial charge in [0.2, 0.25) is 0 Å². The van der Waals surface area contributed by atoms with Crippen LogP contribution in [0.15, 0.2) is 66.7 Å². The van der Waals surface area contributed by atoms with Gasteiger partial charge >= 0.3 is 5.97 Å². The second-order valence-corrected chi connectivity index (χ2v) is 12.9. The minimum Gasteiger partial charge on any atom is -0.467 e. The van der Waals surface area contributed by atoms with Gasteiger partial charge in [-0.1, -0.05) is 86.2 Å². The van der Waals surface area contributed by atoms with E-state index in [4.69, 9.17) is 21.1 Å². The van der Waals surface area contributed by atoms with Crippen LogP contribution in [0.4, 0.5) is 0 Å². The molecule has 0 bridgehead atoms. The molecule has 1 N–H and O–H groups in total. The van der Waals surface area contributed by atoms with E-state index in [2.05, 4.69) is 11.4 Å². The van der Waals surface area contributed by atoms with Crippen LogP contribution in [-0.2, 0) is 20.9 Å². The van der Waals surface area contributed by atoms with Gasteiger partial charge in [-0.2, -0.15) is 11.8 Å². The zero-order valence-corrected chi connectivity index (χ0v) is 27.1. The summed E-state index contributed by atoms with van der Waals surface area (Å²) < 4.78 is 11.6. The summed E-state index contributed by atoms with van der Waals surface area (Å²) >= 11 is 8.00. The minimum absolute atomic E-state index is 0.0669. The van der Waals surface area contributed by atoms with Gasteiger partial charge in [-0.15, -0.1) is 0 Å². The Morgan fingerprint density at radius 2 is 1.77 bits per heavy atom. The highest BCUT2D eigenvalue weighted by molar-refractivity contribution is 7.98. The van der Waals surface area contributed by atoms with Crippen molar-refractivity contribution in [3.05, 3.63) is 94.0 Å². The van der Waals surface area contributed by atoms with Crippen molar-refractivity contribution in [3.63, 3.8) is 0 Å². The van der Waals surface area contributed by atoms with Crippen LogP contribution in [0.25, 0.3) is 11.1 Å². The second kappa shape index (κ2) is 16.9. The van der Waals surface area contributed by atoms with Gasteiger partial charge in [0, 0.05) is 10.6 Å². The first kappa shape index (κ1) is 33.1. The van der Waals surface area contributed by atoms with Gasteiger partial charge in [-0.3, -0.25) is 4.79 Å². The molecule has 1 fully saturated rings. The van der Waals surface area contributed by atoms with E-state index in [0.29, 0.717) is 23.6 Å². The third kappa shape index (κ3) is 9.59. The molecule has 0 radical (unpaired) electrons. The molecule has 2 atom stereocenters. The third-order valence-electron chi connectivity index (χ3n) is 8.40. The molecule has 43 heavy (non-hydrogen) atoms. The number of thioether (sulfide) groups is 1. The first-order chi connectivity index (χ1) is 20.9. The standard InChI is InChI=1S/C36H44ClNO4S/c1-25-10-7-8-15-30(25)32-22-27(16-18-31(32)35(39)38-33(20-21-43-3)36(40)41-2)24-42-34(28-13-9-14-29(37)23-28)19-17-26-11-5-4-6-12-26/h7-10,13-16,18,22-23,26,33-34H,4-6,11-12,17,19-21,24H2,1-3H3,(H,38,39). The maximum atomic E-state index is 13.6. The molecule has 0 spiro atoms. The number of esters is 1. The van der Waals surface area contributed by atoms with E-state index in [0.717, 1.165) is 52.3 Å². The largest absolute Gasteiger partial charge is 0.467 e. The van der Waals surface area contributed by atoms with Crippen molar-refractivity contribution in [3.8, 4) is 11.1 Å². The summed E-state index contributed by atoms with van der Waals surface area (Å²) in [5.41, 5.74) is 5.43. The van der Waals surface area contributed by atoms with Crippen LogP contribution in [0.1, 0.15) is 84.5 Å². The van der Waals surface area contributed by atoms with Crippen molar-refractivity contribution in [2.75, 3.05) is 19.1 Å². The van der Waals surface area contributed by atoms with E-state index < -0.39 is 12.0 Å². The number of aryl methyl sites for hydroxylation is 1. The van der Waals surface area contributed by atoms with Crippen LogP contribution < -0.4 is 5.32 Å². The lowest BCUT2D eigenvalue weighted by Gasteiger charge is -2.25. The van der Waals surface area contributed by atoms with Crippen LogP contribution in [0.5, 0.6) is 0 Å². The van der Waals surface area contributed by atoms with Crippen molar-refractivity contribution in [2.24, 2.45) is 5.92 Å². The first-order valence-corrected chi connectivity index (χ1v) is 17.1. The van der Waals surface area contributed by atoms with Gasteiger partial charge in [-0.05, 0) is 96.2 Å². The predicted octanol–water partition coefficient (Wildman–Crippen LogP) is 8.96. The number of carbonyl (C=O) groups excluding carboxylic acids is 2. The number of benzene rings is 3. The second-order valence-electron chi connectivity index (χ2n) is 11.5. The zero-order chi connectivity index (χ0) is 30.6. The number of carbonyl (C=O) groups is 2. The molecule has 1 saturated carbocycles. The summed E-state index contributed by atoms with van der Waals surface area (Å²) in [5.74, 6) is 0.751. The molecule has 3 aromatic carbocycles. The summed E-state index contributed by atoms with van der Waals surface area (Å²) in [7, 11) is 1.35. The van der Waals surface area contributed by atoms with Crippen LogP contribution in [0.3, 0.4) is 0 Å². The predicted molar refractivity (Wildman–Crippen MR) is 178 cm³/mol. The van der Waals surface area contributed by atoms with Gasteiger partial charge in [0.25, 0.3) is 5.91 Å². The van der Waals surface area contributed by atoms with Gasteiger partial charge in [0.1, 0.15) is 6.04 Å². The number of amides is 1. The molecule has 3 aromatic rings. The fourth-order valence-corrected chi connectivity index (χ4v) is 6.62. The zero-order valence-electron chi connectivity index (χ0n) is 25.6. The summed E-state index contributed by atoms with van der Waals surface area (Å²) in [6, 6.07) is 21.1. The topological polar surface area (TPSA) is 64.6 Å². The maximum Gasteiger partial charge on any atom is 0.328 e. The molecule has 4 rings (SSSR count). The molecular weight excluding hydrogens is 578 g/mol. The lowest BCUT2D eigenvalue weighted by Crippen LogP contribution is -2.42. The van der Waals surface area contributed by atoms with Gasteiger partial charge < -0.3 is 14.8 Å². The van der Waals surface area contributed by atoms with Gasteiger partial charge in [0.15, 0.2) is 0 Å². The van der Waals surface area contributed by atoms with Crippen molar-refractivity contribution in [2.45, 2.75) is 77.0 Å². The van der Waals surface area contributed by atoms with E-state index in [1.165, 1.54) is 39.2 Å². The minimum atomic E-state index is -0.708. The SMILES string of the molecule is COC(=O)C(CCSC)NC(=O)c1ccc(COC(CCC2CCCCC2)c2cccc(Cl)c2)cc1-c1ccccc1C. The fourth-order valence-electron chi connectivity index (χ4n) is 5.95.